The zero-order valence-corrected chi connectivity index (χ0v) is 16.4. The predicted molar refractivity (Wildman–Crippen MR) is 111 cm³/mol. The number of rotatable bonds is 5. The molecule has 0 bridgehead atoms. The van der Waals surface area contributed by atoms with Crippen molar-refractivity contribution in [2.24, 2.45) is 0 Å². The number of ether oxygens (including phenoxy) is 1. The van der Waals surface area contributed by atoms with Gasteiger partial charge in [0.1, 0.15) is 0 Å². The zero-order chi connectivity index (χ0) is 20.1. The summed E-state index contributed by atoms with van der Waals surface area (Å²) in [5.74, 6) is -1.11. The van der Waals surface area contributed by atoms with Crippen LogP contribution in [0.3, 0.4) is 0 Å². The summed E-state index contributed by atoms with van der Waals surface area (Å²) in [5, 5.41) is 12.9. The molecule has 5 nitrogen and oxygen atoms in total. The van der Waals surface area contributed by atoms with Gasteiger partial charge in [-0.25, -0.2) is 4.79 Å². The van der Waals surface area contributed by atoms with E-state index in [1.165, 1.54) is 24.3 Å². The van der Waals surface area contributed by atoms with Crippen LogP contribution in [-0.4, -0.2) is 18.0 Å². The van der Waals surface area contributed by atoms with Gasteiger partial charge in [-0.3, -0.25) is 4.79 Å². The highest BCUT2D eigenvalue weighted by Crippen LogP contribution is 2.35. The number of hydrogen-bond donors (Lipinski definition) is 1. The van der Waals surface area contributed by atoms with E-state index in [2.05, 4.69) is 5.32 Å². The summed E-state index contributed by atoms with van der Waals surface area (Å²) in [6.07, 6.45) is 1.86. The molecule has 3 aromatic rings. The molecule has 0 spiro atoms. The molecule has 0 saturated carbocycles. The fourth-order valence-corrected chi connectivity index (χ4v) is 3.82. The molecule has 140 valence electrons. The summed E-state index contributed by atoms with van der Waals surface area (Å²) >= 11 is 7.80. The number of carbonyl (C=O) groups is 2. The fourth-order valence-electron chi connectivity index (χ4n) is 2.42. The van der Waals surface area contributed by atoms with Crippen molar-refractivity contribution in [2.75, 3.05) is 5.32 Å². The summed E-state index contributed by atoms with van der Waals surface area (Å²) < 4.78 is 6.16. The number of fused-ring (bicyclic) bond motifs is 1. The van der Waals surface area contributed by atoms with E-state index < -0.39 is 18.0 Å². The van der Waals surface area contributed by atoms with E-state index in [0.29, 0.717) is 16.3 Å². The van der Waals surface area contributed by atoms with Gasteiger partial charge in [0.25, 0.3) is 5.91 Å². The third-order valence-corrected chi connectivity index (χ3v) is 5.53. The molecule has 0 unspecified atom stereocenters. The Morgan fingerprint density at radius 3 is 2.61 bits per heavy atom. The Hall–Kier alpha value is -3.14. The van der Waals surface area contributed by atoms with Gasteiger partial charge >= 0.3 is 5.97 Å². The lowest BCUT2D eigenvalue weighted by molar-refractivity contribution is -0.148. The van der Waals surface area contributed by atoms with Gasteiger partial charge in [-0.2, -0.15) is 5.26 Å². The molecule has 0 radical (unpaired) electrons. The molecule has 1 N–H and O–H groups in total. The normalized spacial score (nSPS) is 11.9. The molecule has 2 aromatic carbocycles. The van der Waals surface area contributed by atoms with E-state index in [1.807, 2.05) is 30.3 Å². The topological polar surface area (TPSA) is 79.2 Å². The van der Waals surface area contributed by atoms with Crippen LogP contribution in [0.15, 0.2) is 54.6 Å². The molecule has 1 amide bonds. The van der Waals surface area contributed by atoms with Crippen molar-refractivity contribution in [3.05, 3.63) is 70.1 Å². The molecule has 7 heteroatoms. The number of hydrogen-bond acceptors (Lipinski definition) is 5. The molecule has 1 atom stereocenters. The van der Waals surface area contributed by atoms with Crippen molar-refractivity contribution in [3.8, 4) is 6.07 Å². The average Bonchev–Trinajstić information content (AvgIpc) is 3.03. The first-order chi connectivity index (χ1) is 13.5. The molecule has 0 fully saturated rings. The van der Waals surface area contributed by atoms with Gasteiger partial charge in [0.15, 0.2) is 6.10 Å². The molecule has 0 aliphatic rings. The van der Waals surface area contributed by atoms with Crippen LogP contribution in [0.25, 0.3) is 16.2 Å². The minimum Gasteiger partial charge on any atom is -0.449 e. The smallest absolute Gasteiger partial charge is 0.331 e. The number of benzene rings is 2. The van der Waals surface area contributed by atoms with Crippen LogP contribution < -0.4 is 5.32 Å². The summed E-state index contributed by atoms with van der Waals surface area (Å²) in [6, 6.07) is 16.1. The molecule has 1 aromatic heterocycles. The molecular formula is C21H15ClN2O3S. The van der Waals surface area contributed by atoms with Gasteiger partial charge in [0.2, 0.25) is 0 Å². The Bertz CT molecular complexity index is 1100. The number of nitrogens with one attached hydrogen (secondary N) is 1. The van der Waals surface area contributed by atoms with Crippen molar-refractivity contribution in [2.45, 2.75) is 13.0 Å². The van der Waals surface area contributed by atoms with Crippen molar-refractivity contribution < 1.29 is 14.3 Å². The van der Waals surface area contributed by atoms with Gasteiger partial charge in [-0.15, -0.1) is 11.3 Å². The van der Waals surface area contributed by atoms with E-state index in [9.17, 15) is 9.59 Å². The lowest BCUT2D eigenvalue weighted by atomic mass is 10.2. The number of amides is 1. The number of thiophene rings is 1. The minimum absolute atomic E-state index is 0.466. The van der Waals surface area contributed by atoms with Crippen molar-refractivity contribution >= 4 is 56.7 Å². The molecule has 3 rings (SSSR count). The fraction of sp³-hybridized carbons (Fsp3) is 0.0952. The van der Waals surface area contributed by atoms with Crippen molar-refractivity contribution in [1.82, 2.24) is 0 Å². The van der Waals surface area contributed by atoms with Crippen molar-refractivity contribution in [1.29, 1.82) is 5.26 Å². The summed E-state index contributed by atoms with van der Waals surface area (Å²) in [4.78, 5) is 24.9. The van der Waals surface area contributed by atoms with Crippen LogP contribution >= 0.6 is 22.9 Å². The van der Waals surface area contributed by atoms with Gasteiger partial charge < -0.3 is 10.1 Å². The highest BCUT2D eigenvalue weighted by molar-refractivity contribution is 7.20. The Kier molecular flexibility index (Phi) is 6.09. The average molecular weight is 411 g/mol. The predicted octanol–water partition coefficient (Wildman–Crippen LogP) is 5.01. The molecule has 0 saturated heterocycles. The first kappa shape index (κ1) is 19.6. The Morgan fingerprint density at radius 2 is 1.93 bits per heavy atom. The second-order valence-electron chi connectivity index (χ2n) is 5.87. The molecule has 28 heavy (non-hydrogen) atoms. The third kappa shape index (κ3) is 4.58. The van der Waals surface area contributed by atoms with Gasteiger partial charge in [-0.05, 0) is 43.3 Å². The van der Waals surface area contributed by atoms with Crippen LogP contribution in [0.1, 0.15) is 17.4 Å². The SMILES string of the molecule is C[C@H](OC(=O)/C=C/c1sc2ccccc2c1Cl)C(=O)Nc1ccc(C#N)cc1. The summed E-state index contributed by atoms with van der Waals surface area (Å²) in [7, 11) is 0. The monoisotopic (exact) mass is 410 g/mol. The van der Waals surface area contributed by atoms with Crippen LogP contribution in [0.4, 0.5) is 5.69 Å². The standard InChI is InChI=1S/C21H15ClN2O3S/c1-13(21(26)24-15-8-6-14(12-23)7-9-15)27-19(25)11-10-18-20(22)16-4-2-3-5-17(16)28-18/h2-11,13H,1H3,(H,24,26)/b11-10+/t13-/m0/s1. The number of halogens is 1. The number of carbonyl (C=O) groups excluding carboxylic acids is 2. The summed E-state index contributed by atoms with van der Waals surface area (Å²) in [6.45, 7) is 1.48. The maximum Gasteiger partial charge on any atom is 0.331 e. The van der Waals surface area contributed by atoms with E-state index in [0.717, 1.165) is 15.0 Å². The summed E-state index contributed by atoms with van der Waals surface area (Å²) in [5.41, 5.74) is 1.00. The van der Waals surface area contributed by atoms with Crippen LogP contribution in [0, 0.1) is 11.3 Å². The highest BCUT2D eigenvalue weighted by Gasteiger charge is 2.17. The number of nitriles is 1. The first-order valence-corrected chi connectivity index (χ1v) is 9.54. The van der Waals surface area contributed by atoms with Gasteiger partial charge in [-0.1, -0.05) is 29.8 Å². The molecule has 0 aliphatic carbocycles. The van der Waals surface area contributed by atoms with Crippen LogP contribution in [0.5, 0.6) is 0 Å². The zero-order valence-electron chi connectivity index (χ0n) is 14.8. The lowest BCUT2D eigenvalue weighted by Crippen LogP contribution is -2.29. The minimum atomic E-state index is -0.981. The lowest BCUT2D eigenvalue weighted by Gasteiger charge is -2.12. The highest BCUT2D eigenvalue weighted by atomic mass is 35.5. The Labute approximate surface area is 170 Å². The number of esters is 1. The van der Waals surface area contributed by atoms with Crippen LogP contribution in [-0.2, 0) is 14.3 Å². The largest absolute Gasteiger partial charge is 0.449 e. The van der Waals surface area contributed by atoms with E-state index in [1.54, 1.807) is 30.3 Å². The molecule has 1 heterocycles. The van der Waals surface area contributed by atoms with E-state index in [4.69, 9.17) is 21.6 Å². The third-order valence-electron chi connectivity index (χ3n) is 3.87. The maximum absolute atomic E-state index is 12.2. The van der Waals surface area contributed by atoms with E-state index in [-0.39, 0.29) is 0 Å². The van der Waals surface area contributed by atoms with Gasteiger partial charge in [0, 0.05) is 26.7 Å². The Morgan fingerprint density at radius 1 is 1.21 bits per heavy atom. The van der Waals surface area contributed by atoms with Gasteiger partial charge in [0.05, 0.1) is 16.7 Å². The second-order valence-corrected chi connectivity index (χ2v) is 7.33. The Balaban J connectivity index is 1.59. The number of nitrogens with zero attached hydrogens (tertiary/aromatic N) is 1. The molecule has 0 aliphatic heterocycles. The quantitative estimate of drug-likeness (QED) is 0.473. The number of anilines is 1. The second kappa shape index (κ2) is 8.70. The van der Waals surface area contributed by atoms with Crippen LogP contribution in [0.2, 0.25) is 5.02 Å². The molecular weight excluding hydrogens is 396 g/mol. The van der Waals surface area contributed by atoms with E-state index >= 15 is 0 Å². The van der Waals surface area contributed by atoms with Crippen molar-refractivity contribution in [3.63, 3.8) is 0 Å². The first-order valence-electron chi connectivity index (χ1n) is 8.34. The maximum atomic E-state index is 12.2.